The van der Waals surface area contributed by atoms with Crippen LogP contribution in [0.5, 0.6) is 0 Å². The first kappa shape index (κ1) is 34.6. The molecule has 0 saturated carbocycles. The Kier molecular flexibility index (Phi) is 8.64. The van der Waals surface area contributed by atoms with Crippen LogP contribution in [0.2, 0.25) is 0 Å². The molecule has 4 nitrogen and oxygen atoms in total. The van der Waals surface area contributed by atoms with Crippen molar-refractivity contribution in [2.45, 2.75) is 0 Å². The highest BCUT2D eigenvalue weighted by Crippen LogP contribution is 2.48. The lowest BCUT2D eigenvalue weighted by Crippen LogP contribution is -2.11. The summed E-state index contributed by atoms with van der Waals surface area (Å²) in [6, 6.07) is 82.9. The van der Waals surface area contributed by atoms with E-state index in [4.69, 9.17) is 0 Å². The average Bonchev–Trinajstić information content (AvgIpc) is 3.68. The van der Waals surface area contributed by atoms with Gasteiger partial charge >= 0.3 is 0 Å². The van der Waals surface area contributed by atoms with E-state index < -0.39 is 0 Å². The molecule has 280 valence electrons. The number of rotatable bonds is 8. The molecular formula is C54H38N4S. The summed E-state index contributed by atoms with van der Waals surface area (Å²) in [5.41, 5.74) is 13.2. The second-order valence-electron chi connectivity index (χ2n) is 14.6. The van der Waals surface area contributed by atoms with Crippen molar-refractivity contribution >= 4 is 87.7 Å². The van der Waals surface area contributed by atoms with Crippen LogP contribution >= 0.6 is 11.3 Å². The van der Waals surface area contributed by atoms with E-state index in [1.807, 2.05) is 11.3 Å². The van der Waals surface area contributed by atoms with Gasteiger partial charge in [0.15, 0.2) is 0 Å². The van der Waals surface area contributed by atoms with E-state index >= 15 is 0 Å². The smallest absolute Gasteiger partial charge is 0.0702 e. The molecule has 0 atom stereocenters. The molecule has 0 fully saturated rings. The Morgan fingerprint density at radius 3 is 0.881 bits per heavy atom. The van der Waals surface area contributed by atoms with Gasteiger partial charge in [-0.3, -0.25) is 0 Å². The summed E-state index contributed by atoms with van der Waals surface area (Å²) in [5.74, 6) is 0. The molecule has 0 amide bonds. The zero-order valence-corrected chi connectivity index (χ0v) is 33.0. The van der Waals surface area contributed by atoms with Gasteiger partial charge < -0.3 is 18.9 Å². The quantitative estimate of drug-likeness (QED) is 0.153. The van der Waals surface area contributed by atoms with E-state index in [0.717, 1.165) is 67.6 Å². The largest absolute Gasteiger partial charge is 0.310 e. The third kappa shape index (κ3) is 6.08. The SMILES string of the molecule is c1ccc(N(c2ccccc2)c2cc3sc4cc(N(c5ccccc5)c5ccccc5)cc5c4c3c(c2)n(-c2ccccc2)c2ccccc2n5-c2ccccc2)cc1. The van der Waals surface area contributed by atoms with Gasteiger partial charge in [0, 0.05) is 65.7 Å². The van der Waals surface area contributed by atoms with Crippen molar-refractivity contribution in [2.24, 2.45) is 0 Å². The van der Waals surface area contributed by atoms with Crippen LogP contribution in [0.3, 0.4) is 0 Å². The molecule has 0 unspecified atom stereocenters. The van der Waals surface area contributed by atoms with Crippen LogP contribution in [0.4, 0.5) is 34.1 Å². The highest BCUT2D eigenvalue weighted by molar-refractivity contribution is 7.26. The Labute approximate surface area is 347 Å². The van der Waals surface area contributed by atoms with Crippen molar-refractivity contribution in [3.05, 3.63) is 231 Å². The van der Waals surface area contributed by atoms with Crippen molar-refractivity contribution in [1.82, 2.24) is 9.13 Å². The van der Waals surface area contributed by atoms with E-state index in [0.29, 0.717) is 0 Å². The molecule has 0 spiro atoms. The number of para-hydroxylation sites is 8. The highest BCUT2D eigenvalue weighted by atomic mass is 32.1. The maximum absolute atomic E-state index is 2.47. The fourth-order valence-corrected chi connectivity index (χ4v) is 9.79. The predicted molar refractivity (Wildman–Crippen MR) is 251 cm³/mol. The summed E-state index contributed by atoms with van der Waals surface area (Å²) in [7, 11) is 0. The van der Waals surface area contributed by atoms with E-state index in [1.54, 1.807) is 0 Å². The standard InChI is InChI=1S/C54H38N4S/c1-7-21-39(22-8-1)55(40-23-9-2-10-24-40)45-35-49-53-51(37-45)59-52-38-46(56(41-25-11-3-12-26-41)42-27-13-4-14-28-42)36-50(54(52)53)58(44-31-17-6-18-32-44)48-34-20-19-33-47(48)57(49)43-29-15-5-16-30-43/h1-38H. The van der Waals surface area contributed by atoms with E-state index in [1.165, 1.54) is 20.2 Å². The van der Waals surface area contributed by atoms with Gasteiger partial charge in [-0.05, 0) is 109 Å². The lowest BCUT2D eigenvalue weighted by molar-refractivity contribution is 1.12. The van der Waals surface area contributed by atoms with Crippen LogP contribution in [0.15, 0.2) is 231 Å². The second kappa shape index (κ2) is 14.7. The molecule has 5 heteroatoms. The molecule has 0 aliphatic rings. The van der Waals surface area contributed by atoms with E-state index in [-0.39, 0.29) is 0 Å². The molecule has 59 heavy (non-hydrogen) atoms. The molecule has 9 aromatic carbocycles. The van der Waals surface area contributed by atoms with Crippen molar-refractivity contribution in [1.29, 1.82) is 0 Å². The van der Waals surface area contributed by atoms with Gasteiger partial charge in [-0.25, -0.2) is 0 Å². The molecule has 0 aliphatic carbocycles. The van der Waals surface area contributed by atoms with Gasteiger partial charge in [0.25, 0.3) is 0 Å². The molecule has 0 saturated heterocycles. The summed E-state index contributed by atoms with van der Waals surface area (Å²) in [6.07, 6.45) is 0. The summed E-state index contributed by atoms with van der Waals surface area (Å²) < 4.78 is 7.35. The molecule has 2 heterocycles. The van der Waals surface area contributed by atoms with Gasteiger partial charge in [-0.2, -0.15) is 0 Å². The number of thiophene rings is 1. The van der Waals surface area contributed by atoms with Crippen molar-refractivity contribution in [2.75, 3.05) is 9.80 Å². The molecule has 11 aromatic rings. The first-order chi connectivity index (χ1) is 29.3. The maximum Gasteiger partial charge on any atom is 0.0702 e. The summed E-state index contributed by atoms with van der Waals surface area (Å²) >= 11 is 1.86. The van der Waals surface area contributed by atoms with Crippen molar-refractivity contribution in [3.8, 4) is 11.4 Å². The predicted octanol–water partition coefficient (Wildman–Crippen LogP) is 15.4. The number of benzene rings is 9. The third-order valence-electron chi connectivity index (χ3n) is 11.1. The van der Waals surface area contributed by atoms with Crippen LogP contribution in [-0.4, -0.2) is 9.13 Å². The van der Waals surface area contributed by atoms with Gasteiger partial charge in [0.2, 0.25) is 0 Å². The zero-order chi connectivity index (χ0) is 39.1. The molecular weight excluding hydrogens is 737 g/mol. The first-order valence-electron chi connectivity index (χ1n) is 19.9. The average molecular weight is 775 g/mol. The first-order valence-corrected chi connectivity index (χ1v) is 20.8. The molecule has 0 N–H and O–H groups in total. The Hall–Kier alpha value is -7.60. The minimum atomic E-state index is 1.09. The highest BCUT2D eigenvalue weighted by Gasteiger charge is 2.24. The van der Waals surface area contributed by atoms with E-state index in [2.05, 4.69) is 249 Å². The number of hydrogen-bond acceptors (Lipinski definition) is 3. The summed E-state index contributed by atoms with van der Waals surface area (Å²) in [4.78, 5) is 4.76. The number of anilines is 6. The molecule has 2 aromatic heterocycles. The second-order valence-corrected chi connectivity index (χ2v) is 15.7. The van der Waals surface area contributed by atoms with Gasteiger partial charge in [-0.1, -0.05) is 121 Å². The fraction of sp³-hybridized carbons (Fsp3) is 0. The van der Waals surface area contributed by atoms with Crippen molar-refractivity contribution in [3.63, 3.8) is 0 Å². The van der Waals surface area contributed by atoms with Crippen LogP contribution in [0.25, 0.3) is 53.6 Å². The Morgan fingerprint density at radius 2 is 0.559 bits per heavy atom. The summed E-state index contributed by atoms with van der Waals surface area (Å²) in [5, 5.41) is 2.45. The molecule has 11 rings (SSSR count). The summed E-state index contributed by atoms with van der Waals surface area (Å²) in [6.45, 7) is 0. The zero-order valence-electron chi connectivity index (χ0n) is 32.1. The van der Waals surface area contributed by atoms with Gasteiger partial charge in [0.1, 0.15) is 0 Å². The normalized spacial score (nSPS) is 11.4. The monoisotopic (exact) mass is 774 g/mol. The number of hydrogen-bond donors (Lipinski definition) is 0. The molecule has 0 bridgehead atoms. The minimum Gasteiger partial charge on any atom is -0.310 e. The maximum atomic E-state index is 2.47. The molecule has 0 aliphatic heterocycles. The Morgan fingerprint density at radius 1 is 0.271 bits per heavy atom. The lowest BCUT2D eigenvalue weighted by Gasteiger charge is -2.27. The van der Waals surface area contributed by atoms with Crippen LogP contribution in [0, 0.1) is 0 Å². The minimum absolute atomic E-state index is 1.09. The number of nitrogens with zero attached hydrogens (tertiary/aromatic N) is 4. The number of aromatic nitrogens is 2. The molecule has 0 radical (unpaired) electrons. The van der Waals surface area contributed by atoms with Crippen LogP contribution < -0.4 is 9.80 Å². The fourth-order valence-electron chi connectivity index (χ4n) is 8.58. The Balaban J connectivity index is 1.36. The van der Waals surface area contributed by atoms with Gasteiger partial charge in [0.05, 0.1) is 22.1 Å². The lowest BCUT2D eigenvalue weighted by atomic mass is 10.0. The van der Waals surface area contributed by atoms with E-state index in [9.17, 15) is 0 Å². The topological polar surface area (TPSA) is 16.3 Å². The van der Waals surface area contributed by atoms with Crippen LogP contribution in [-0.2, 0) is 0 Å². The van der Waals surface area contributed by atoms with Gasteiger partial charge in [-0.15, -0.1) is 11.3 Å². The van der Waals surface area contributed by atoms with Crippen molar-refractivity contribution < 1.29 is 0 Å². The third-order valence-corrected chi connectivity index (χ3v) is 12.1. The van der Waals surface area contributed by atoms with Crippen LogP contribution in [0.1, 0.15) is 0 Å². The number of fused-ring (bicyclic) bond motifs is 1. The Bertz CT molecular complexity index is 2950.